The molecule has 0 atom stereocenters. The van der Waals surface area contributed by atoms with Gasteiger partial charge in [-0.2, -0.15) is 5.10 Å². The topological polar surface area (TPSA) is 82.1 Å². The molecule has 0 unspecified atom stereocenters. The fourth-order valence-electron chi connectivity index (χ4n) is 3.40. The summed E-state index contributed by atoms with van der Waals surface area (Å²) in [7, 11) is 0. The minimum absolute atomic E-state index is 0.0349. The normalized spacial score (nSPS) is 15.7. The lowest BCUT2D eigenvalue weighted by atomic mass is 10.1. The smallest absolute Gasteiger partial charge is 0.244 e. The Kier molecular flexibility index (Phi) is 4.89. The van der Waals surface area contributed by atoms with Crippen LogP contribution in [-0.2, 0) is 14.4 Å². The summed E-state index contributed by atoms with van der Waals surface area (Å²) in [6.45, 7) is 0.482. The van der Waals surface area contributed by atoms with Crippen molar-refractivity contribution in [1.82, 2.24) is 5.01 Å². The van der Waals surface area contributed by atoms with Gasteiger partial charge in [-0.05, 0) is 17.7 Å². The summed E-state index contributed by atoms with van der Waals surface area (Å²) in [6.07, 6.45) is 0.793. The van der Waals surface area contributed by atoms with E-state index in [0.29, 0.717) is 24.3 Å². The first kappa shape index (κ1) is 17.9. The van der Waals surface area contributed by atoms with Crippen molar-refractivity contribution >= 4 is 34.8 Å². The fraction of sp³-hybridized carbons (Fsp3) is 0.238. The number of hydrogen-bond acceptors (Lipinski definition) is 4. The van der Waals surface area contributed by atoms with Crippen molar-refractivity contribution in [2.75, 3.05) is 23.3 Å². The number of hydrogen-bond donors (Lipinski definition) is 1. The molecule has 142 valence electrons. The minimum atomic E-state index is -0.248. The molecule has 1 N–H and O–H groups in total. The van der Waals surface area contributed by atoms with Crippen molar-refractivity contribution in [3.63, 3.8) is 0 Å². The maximum Gasteiger partial charge on any atom is 0.244 e. The van der Waals surface area contributed by atoms with Gasteiger partial charge in [0.15, 0.2) is 0 Å². The van der Waals surface area contributed by atoms with Gasteiger partial charge >= 0.3 is 0 Å². The van der Waals surface area contributed by atoms with Crippen molar-refractivity contribution in [2.24, 2.45) is 5.10 Å². The highest BCUT2D eigenvalue weighted by Gasteiger charge is 2.28. The highest BCUT2D eigenvalue weighted by molar-refractivity contribution is 6.10. The second-order valence-electron chi connectivity index (χ2n) is 6.72. The molecule has 2 heterocycles. The molecule has 7 heteroatoms. The maximum absolute atomic E-state index is 12.7. The van der Waals surface area contributed by atoms with Crippen LogP contribution in [-0.4, -0.2) is 41.5 Å². The average Bonchev–Trinajstić information content (AvgIpc) is 3.22. The van der Waals surface area contributed by atoms with E-state index in [0.717, 1.165) is 11.3 Å². The molecule has 28 heavy (non-hydrogen) atoms. The predicted molar refractivity (Wildman–Crippen MR) is 106 cm³/mol. The Hall–Kier alpha value is -3.48. The van der Waals surface area contributed by atoms with Crippen LogP contribution >= 0.6 is 0 Å². The van der Waals surface area contributed by atoms with Crippen LogP contribution in [0.2, 0.25) is 0 Å². The summed E-state index contributed by atoms with van der Waals surface area (Å²) < 4.78 is 0. The van der Waals surface area contributed by atoms with Crippen molar-refractivity contribution in [3.8, 4) is 0 Å². The summed E-state index contributed by atoms with van der Waals surface area (Å²) >= 11 is 0. The molecule has 4 rings (SSSR count). The third-order valence-corrected chi connectivity index (χ3v) is 4.82. The van der Waals surface area contributed by atoms with Crippen LogP contribution < -0.4 is 10.2 Å². The van der Waals surface area contributed by atoms with Gasteiger partial charge in [-0.1, -0.05) is 42.5 Å². The van der Waals surface area contributed by atoms with Gasteiger partial charge in [0.05, 0.1) is 23.6 Å². The van der Waals surface area contributed by atoms with E-state index in [1.165, 1.54) is 9.91 Å². The van der Waals surface area contributed by atoms with Crippen LogP contribution in [0.1, 0.15) is 24.8 Å². The Morgan fingerprint density at radius 1 is 0.964 bits per heavy atom. The molecule has 7 nitrogen and oxygen atoms in total. The second kappa shape index (κ2) is 7.64. The zero-order valence-corrected chi connectivity index (χ0v) is 15.3. The molecule has 0 saturated heterocycles. The second-order valence-corrected chi connectivity index (χ2v) is 6.72. The van der Waals surface area contributed by atoms with E-state index in [2.05, 4.69) is 10.4 Å². The Morgan fingerprint density at radius 3 is 2.50 bits per heavy atom. The lowest BCUT2D eigenvalue weighted by molar-refractivity contribution is -0.132. The summed E-state index contributed by atoms with van der Waals surface area (Å²) in [5.41, 5.74) is 3.15. The first-order chi connectivity index (χ1) is 13.6. The van der Waals surface area contributed by atoms with E-state index < -0.39 is 0 Å². The monoisotopic (exact) mass is 376 g/mol. The minimum Gasteiger partial charge on any atom is -0.323 e. The number of rotatable bonds is 4. The number of nitrogens with one attached hydrogen (secondary N) is 1. The molecule has 0 aromatic heterocycles. The number of fused-ring (bicyclic) bond motifs is 1. The summed E-state index contributed by atoms with van der Waals surface area (Å²) in [4.78, 5) is 38.4. The maximum atomic E-state index is 12.7. The molecule has 2 aromatic carbocycles. The van der Waals surface area contributed by atoms with Gasteiger partial charge in [-0.25, -0.2) is 5.01 Å². The van der Waals surface area contributed by atoms with Crippen molar-refractivity contribution in [1.29, 1.82) is 0 Å². The van der Waals surface area contributed by atoms with Crippen molar-refractivity contribution in [3.05, 3.63) is 60.2 Å². The summed E-state index contributed by atoms with van der Waals surface area (Å²) in [6, 6.07) is 16.9. The number of benzene rings is 2. The molecule has 0 aliphatic carbocycles. The van der Waals surface area contributed by atoms with Gasteiger partial charge in [-0.15, -0.1) is 0 Å². The van der Waals surface area contributed by atoms with Crippen LogP contribution in [0.25, 0.3) is 0 Å². The average molecular weight is 376 g/mol. The molecule has 0 saturated carbocycles. The van der Waals surface area contributed by atoms with E-state index in [1.54, 1.807) is 18.2 Å². The van der Waals surface area contributed by atoms with E-state index in [1.807, 2.05) is 36.4 Å². The number of carbonyl (C=O) groups excluding carboxylic acids is 3. The van der Waals surface area contributed by atoms with Gasteiger partial charge in [0, 0.05) is 19.3 Å². The van der Waals surface area contributed by atoms with Crippen LogP contribution in [0, 0.1) is 0 Å². The van der Waals surface area contributed by atoms with Gasteiger partial charge in [0.2, 0.25) is 17.7 Å². The lowest BCUT2D eigenvalue weighted by Gasteiger charge is -2.29. The van der Waals surface area contributed by atoms with E-state index in [4.69, 9.17) is 0 Å². The van der Waals surface area contributed by atoms with Crippen LogP contribution in [0.4, 0.5) is 11.4 Å². The molecule has 0 fully saturated rings. The summed E-state index contributed by atoms with van der Waals surface area (Å²) in [5, 5.41) is 8.59. The number of para-hydroxylation sites is 2. The predicted octanol–water partition coefficient (Wildman–Crippen LogP) is 2.39. The van der Waals surface area contributed by atoms with E-state index in [9.17, 15) is 14.4 Å². The first-order valence-corrected chi connectivity index (χ1v) is 9.24. The van der Waals surface area contributed by atoms with Gasteiger partial charge in [-0.3, -0.25) is 14.4 Å². The molecular weight excluding hydrogens is 356 g/mol. The Bertz CT molecular complexity index is 955. The van der Waals surface area contributed by atoms with Crippen LogP contribution in [0.15, 0.2) is 59.7 Å². The highest BCUT2D eigenvalue weighted by atomic mass is 16.2. The third kappa shape index (κ3) is 3.64. The zero-order valence-electron chi connectivity index (χ0n) is 15.3. The largest absolute Gasteiger partial charge is 0.323 e. The standard InChI is InChI=1S/C21H20N4O3/c26-19-14-24(18-9-5-4-8-17(18)22-19)20(27)10-11-21(28)25-13-12-16(23-25)15-6-2-1-3-7-15/h1-9H,10-14H2,(H,22,26). The Balaban J connectivity index is 1.39. The molecule has 0 spiro atoms. The van der Waals surface area contributed by atoms with Gasteiger partial charge < -0.3 is 10.2 Å². The molecule has 2 aliphatic heterocycles. The molecule has 3 amide bonds. The SMILES string of the molecule is O=C1CN(C(=O)CCC(=O)N2CCC(c3ccccc3)=N2)c2ccccc2N1. The van der Waals surface area contributed by atoms with Gasteiger partial charge in [0.25, 0.3) is 0 Å². The number of carbonyl (C=O) groups is 3. The number of hydrazone groups is 1. The van der Waals surface area contributed by atoms with Crippen molar-refractivity contribution in [2.45, 2.75) is 19.3 Å². The molecule has 0 radical (unpaired) electrons. The molecule has 0 bridgehead atoms. The Morgan fingerprint density at radius 2 is 1.68 bits per heavy atom. The van der Waals surface area contributed by atoms with Crippen LogP contribution in [0.5, 0.6) is 0 Å². The number of nitrogens with zero attached hydrogens (tertiary/aromatic N) is 3. The summed E-state index contributed by atoms with van der Waals surface area (Å²) in [5.74, 6) is -0.675. The fourth-order valence-corrected chi connectivity index (χ4v) is 3.40. The zero-order chi connectivity index (χ0) is 19.5. The number of amides is 3. The van der Waals surface area contributed by atoms with Gasteiger partial charge in [0.1, 0.15) is 6.54 Å². The highest BCUT2D eigenvalue weighted by Crippen LogP contribution is 2.29. The van der Waals surface area contributed by atoms with E-state index in [-0.39, 0.29) is 37.1 Å². The quantitative estimate of drug-likeness (QED) is 0.889. The van der Waals surface area contributed by atoms with E-state index >= 15 is 0 Å². The molecule has 2 aliphatic rings. The molecule has 2 aromatic rings. The third-order valence-electron chi connectivity index (χ3n) is 4.82. The van der Waals surface area contributed by atoms with Crippen molar-refractivity contribution < 1.29 is 14.4 Å². The Labute approximate surface area is 162 Å². The molecular formula is C21H20N4O3. The van der Waals surface area contributed by atoms with Crippen LogP contribution in [0.3, 0.4) is 0 Å². The first-order valence-electron chi connectivity index (χ1n) is 9.24. The number of anilines is 2. The lowest BCUT2D eigenvalue weighted by Crippen LogP contribution is -2.42.